The summed E-state index contributed by atoms with van der Waals surface area (Å²) in [5, 5.41) is 3.46. The van der Waals surface area contributed by atoms with Crippen molar-refractivity contribution in [3.8, 4) is 5.75 Å². The zero-order chi connectivity index (χ0) is 13.5. The highest BCUT2D eigenvalue weighted by atomic mass is 16.5. The van der Waals surface area contributed by atoms with Crippen LogP contribution in [0.3, 0.4) is 0 Å². The summed E-state index contributed by atoms with van der Waals surface area (Å²) in [5.74, 6) is 1.18. The maximum Gasteiger partial charge on any atom is 0.255 e. The first-order valence-electron chi connectivity index (χ1n) is 6.95. The molecule has 0 aliphatic heterocycles. The summed E-state index contributed by atoms with van der Waals surface area (Å²) >= 11 is 0. The number of carbonyl (C=O) groups excluding carboxylic acids is 1. The van der Waals surface area contributed by atoms with Crippen molar-refractivity contribution in [3.63, 3.8) is 0 Å². The molecular weight excluding hydrogens is 240 g/mol. The molecular formula is C15H22N2O2. The molecule has 1 fully saturated rings. The van der Waals surface area contributed by atoms with Crippen LogP contribution in [0.2, 0.25) is 0 Å². The van der Waals surface area contributed by atoms with Crippen LogP contribution in [0.25, 0.3) is 0 Å². The Bertz CT molecular complexity index is 399. The Morgan fingerprint density at radius 3 is 2.63 bits per heavy atom. The van der Waals surface area contributed by atoms with Crippen molar-refractivity contribution in [2.45, 2.75) is 32.2 Å². The van der Waals surface area contributed by atoms with E-state index in [0.29, 0.717) is 5.75 Å². The average molecular weight is 262 g/mol. The third kappa shape index (κ3) is 4.91. The number of nitrogens with one attached hydrogen (secondary N) is 1. The molecule has 1 aliphatic rings. The lowest BCUT2D eigenvalue weighted by Crippen LogP contribution is -2.21. The second kappa shape index (κ2) is 7.14. The first kappa shape index (κ1) is 13.9. The van der Waals surface area contributed by atoms with Gasteiger partial charge in [-0.3, -0.25) is 4.79 Å². The maximum atomic E-state index is 10.6. The fraction of sp³-hybridized carbons (Fsp3) is 0.533. The van der Waals surface area contributed by atoms with E-state index in [1.54, 1.807) is 0 Å². The molecule has 3 N–H and O–H groups in total. The van der Waals surface area contributed by atoms with Crippen LogP contribution in [0.15, 0.2) is 24.3 Å². The van der Waals surface area contributed by atoms with E-state index >= 15 is 0 Å². The van der Waals surface area contributed by atoms with Crippen LogP contribution in [0, 0.1) is 5.92 Å². The van der Waals surface area contributed by atoms with Gasteiger partial charge in [0, 0.05) is 6.54 Å². The first-order chi connectivity index (χ1) is 9.24. The van der Waals surface area contributed by atoms with Gasteiger partial charge in [-0.2, -0.15) is 0 Å². The summed E-state index contributed by atoms with van der Waals surface area (Å²) in [4.78, 5) is 10.6. The van der Waals surface area contributed by atoms with E-state index in [4.69, 9.17) is 10.5 Å². The minimum Gasteiger partial charge on any atom is -0.484 e. The van der Waals surface area contributed by atoms with Crippen molar-refractivity contribution in [3.05, 3.63) is 29.8 Å². The van der Waals surface area contributed by atoms with Crippen molar-refractivity contribution in [2.24, 2.45) is 11.7 Å². The summed E-state index contributed by atoms with van der Waals surface area (Å²) in [7, 11) is 0. The molecule has 19 heavy (non-hydrogen) atoms. The highest BCUT2D eigenvalue weighted by Gasteiger charge is 2.15. The van der Waals surface area contributed by atoms with Crippen LogP contribution < -0.4 is 15.8 Å². The van der Waals surface area contributed by atoms with Crippen molar-refractivity contribution < 1.29 is 9.53 Å². The molecule has 1 aromatic rings. The van der Waals surface area contributed by atoms with Gasteiger partial charge in [-0.1, -0.05) is 31.4 Å². The number of rotatable bonds is 8. The second-order valence-electron chi connectivity index (χ2n) is 5.16. The first-order valence-corrected chi connectivity index (χ1v) is 6.95. The largest absolute Gasteiger partial charge is 0.484 e. The van der Waals surface area contributed by atoms with Gasteiger partial charge in [-0.25, -0.2) is 0 Å². The Morgan fingerprint density at radius 1 is 1.32 bits per heavy atom. The molecule has 0 bridgehead atoms. The van der Waals surface area contributed by atoms with Gasteiger partial charge >= 0.3 is 0 Å². The van der Waals surface area contributed by atoms with Gasteiger partial charge in [-0.05, 0) is 36.6 Å². The molecule has 1 saturated carbocycles. The fourth-order valence-electron chi connectivity index (χ4n) is 2.18. The zero-order valence-electron chi connectivity index (χ0n) is 11.2. The number of amides is 1. The summed E-state index contributed by atoms with van der Waals surface area (Å²) in [6.45, 7) is 1.90. The number of benzene rings is 1. The van der Waals surface area contributed by atoms with Gasteiger partial charge in [0.25, 0.3) is 5.91 Å². The highest BCUT2D eigenvalue weighted by Crippen LogP contribution is 2.28. The standard InChI is InChI=1S/C15H22N2O2/c16-15(18)11-19-14-6-4-13(5-7-14)10-17-9-8-12-2-1-3-12/h4-7,12,17H,1-3,8-11H2,(H2,16,18). The van der Waals surface area contributed by atoms with E-state index < -0.39 is 5.91 Å². The van der Waals surface area contributed by atoms with Gasteiger partial charge in [0.2, 0.25) is 0 Å². The number of ether oxygens (including phenoxy) is 1. The van der Waals surface area contributed by atoms with E-state index in [1.165, 1.54) is 31.2 Å². The Labute approximate surface area is 114 Å². The van der Waals surface area contributed by atoms with E-state index in [0.717, 1.165) is 19.0 Å². The molecule has 0 saturated heterocycles. The van der Waals surface area contributed by atoms with Gasteiger partial charge in [0.15, 0.2) is 6.61 Å². The molecule has 4 heteroatoms. The summed E-state index contributed by atoms with van der Waals surface area (Å²) in [6, 6.07) is 7.75. The molecule has 4 nitrogen and oxygen atoms in total. The Kier molecular flexibility index (Phi) is 5.21. The van der Waals surface area contributed by atoms with Crippen molar-refractivity contribution in [1.82, 2.24) is 5.32 Å². The third-order valence-electron chi connectivity index (χ3n) is 3.59. The lowest BCUT2D eigenvalue weighted by molar-refractivity contribution is -0.119. The molecule has 2 rings (SSSR count). The Morgan fingerprint density at radius 2 is 2.05 bits per heavy atom. The molecule has 0 spiro atoms. The smallest absolute Gasteiger partial charge is 0.255 e. The number of nitrogens with two attached hydrogens (primary N) is 1. The van der Waals surface area contributed by atoms with E-state index in [9.17, 15) is 4.79 Å². The molecule has 1 aromatic carbocycles. The van der Waals surface area contributed by atoms with Gasteiger partial charge in [0.1, 0.15) is 5.75 Å². The predicted octanol–water partition coefficient (Wildman–Crippen LogP) is 1.83. The monoisotopic (exact) mass is 262 g/mol. The minimum absolute atomic E-state index is 0.0705. The predicted molar refractivity (Wildman–Crippen MR) is 74.8 cm³/mol. The second-order valence-corrected chi connectivity index (χ2v) is 5.16. The van der Waals surface area contributed by atoms with Crippen molar-refractivity contribution >= 4 is 5.91 Å². The molecule has 0 aromatic heterocycles. The number of primary amides is 1. The summed E-state index contributed by atoms with van der Waals surface area (Å²) in [6.07, 6.45) is 5.53. The SMILES string of the molecule is NC(=O)COc1ccc(CNCCC2CCC2)cc1. The van der Waals surface area contributed by atoms with Crippen LogP contribution in [0.1, 0.15) is 31.2 Å². The highest BCUT2D eigenvalue weighted by molar-refractivity contribution is 5.75. The fourth-order valence-corrected chi connectivity index (χ4v) is 2.18. The molecule has 1 aliphatic carbocycles. The van der Waals surface area contributed by atoms with E-state index in [2.05, 4.69) is 5.32 Å². The van der Waals surface area contributed by atoms with Gasteiger partial charge < -0.3 is 15.8 Å². The van der Waals surface area contributed by atoms with E-state index in [1.807, 2.05) is 24.3 Å². The topological polar surface area (TPSA) is 64.4 Å². The zero-order valence-corrected chi connectivity index (χ0v) is 11.2. The summed E-state index contributed by atoms with van der Waals surface area (Å²) < 4.78 is 5.21. The summed E-state index contributed by atoms with van der Waals surface area (Å²) in [5.41, 5.74) is 6.24. The number of hydrogen-bond acceptors (Lipinski definition) is 3. The Balaban J connectivity index is 1.64. The molecule has 1 amide bonds. The van der Waals surface area contributed by atoms with Crippen LogP contribution in [0.5, 0.6) is 5.75 Å². The molecule has 104 valence electrons. The maximum absolute atomic E-state index is 10.6. The van der Waals surface area contributed by atoms with Crippen LogP contribution in [0.4, 0.5) is 0 Å². The molecule has 0 heterocycles. The number of carbonyl (C=O) groups is 1. The van der Waals surface area contributed by atoms with Crippen LogP contribution in [-0.2, 0) is 11.3 Å². The lowest BCUT2D eigenvalue weighted by atomic mass is 9.83. The third-order valence-corrected chi connectivity index (χ3v) is 3.59. The Hall–Kier alpha value is -1.55. The molecule has 0 radical (unpaired) electrons. The molecule has 0 atom stereocenters. The lowest BCUT2D eigenvalue weighted by Gasteiger charge is -2.25. The average Bonchev–Trinajstić information content (AvgIpc) is 2.35. The minimum atomic E-state index is -0.457. The van der Waals surface area contributed by atoms with Crippen LogP contribution in [-0.4, -0.2) is 19.1 Å². The van der Waals surface area contributed by atoms with Crippen LogP contribution >= 0.6 is 0 Å². The van der Waals surface area contributed by atoms with Crippen molar-refractivity contribution in [2.75, 3.05) is 13.2 Å². The van der Waals surface area contributed by atoms with Crippen molar-refractivity contribution in [1.29, 1.82) is 0 Å². The van der Waals surface area contributed by atoms with Gasteiger partial charge in [-0.15, -0.1) is 0 Å². The normalized spacial score (nSPS) is 14.9. The quantitative estimate of drug-likeness (QED) is 0.702. The molecule has 0 unspecified atom stereocenters. The number of hydrogen-bond donors (Lipinski definition) is 2. The van der Waals surface area contributed by atoms with E-state index in [-0.39, 0.29) is 6.61 Å². The van der Waals surface area contributed by atoms with Gasteiger partial charge in [0.05, 0.1) is 0 Å².